The van der Waals surface area contributed by atoms with Gasteiger partial charge in [-0.2, -0.15) is 0 Å². The molecule has 2 nitrogen and oxygen atoms in total. The molecule has 2 rings (SSSR count). The predicted octanol–water partition coefficient (Wildman–Crippen LogP) is 1.96. The van der Waals surface area contributed by atoms with Gasteiger partial charge in [-0.3, -0.25) is 0 Å². The molecule has 1 atom stereocenters. The summed E-state index contributed by atoms with van der Waals surface area (Å²) in [7, 11) is 0. The third-order valence-corrected chi connectivity index (χ3v) is 2.89. The molecule has 2 N–H and O–H groups in total. The number of benzene rings is 1. The molecular formula is C11H15ClN2. The lowest BCUT2D eigenvalue weighted by Crippen LogP contribution is -2.55. The first-order valence-electron chi connectivity index (χ1n) is 4.98. The van der Waals surface area contributed by atoms with Gasteiger partial charge in [0.25, 0.3) is 0 Å². The second-order valence-electron chi connectivity index (χ2n) is 3.80. The summed E-state index contributed by atoms with van der Waals surface area (Å²) in [5.41, 5.74) is 1.29. The molecule has 1 heterocycles. The van der Waals surface area contributed by atoms with Crippen molar-refractivity contribution in [3.63, 3.8) is 0 Å². The lowest BCUT2D eigenvalue weighted by Gasteiger charge is -2.31. The molecule has 0 bridgehead atoms. The maximum atomic E-state index is 5.83. The summed E-state index contributed by atoms with van der Waals surface area (Å²) in [6, 6.07) is 9.06. The minimum Gasteiger partial charge on any atom is -0.314 e. The van der Waals surface area contributed by atoms with Crippen LogP contribution < -0.4 is 10.6 Å². The van der Waals surface area contributed by atoms with Crippen molar-refractivity contribution in [1.82, 2.24) is 10.6 Å². The van der Waals surface area contributed by atoms with E-state index in [1.165, 1.54) is 5.56 Å². The van der Waals surface area contributed by atoms with E-state index in [0.717, 1.165) is 18.1 Å². The Hall–Kier alpha value is -0.570. The molecule has 1 aromatic rings. The zero-order chi connectivity index (χ0) is 9.97. The lowest BCUT2D eigenvalue weighted by molar-refractivity contribution is 0.338. The van der Waals surface area contributed by atoms with Gasteiger partial charge in [-0.25, -0.2) is 0 Å². The van der Waals surface area contributed by atoms with Crippen LogP contribution >= 0.6 is 11.6 Å². The maximum Gasteiger partial charge on any atom is 0.0406 e. The van der Waals surface area contributed by atoms with Crippen molar-refractivity contribution >= 4 is 11.6 Å². The highest BCUT2D eigenvalue weighted by atomic mass is 35.5. The van der Waals surface area contributed by atoms with Crippen LogP contribution in [-0.2, 0) is 0 Å². The Morgan fingerprint density at radius 1 is 1.36 bits per heavy atom. The van der Waals surface area contributed by atoms with E-state index >= 15 is 0 Å². The molecule has 0 radical (unpaired) electrons. The summed E-state index contributed by atoms with van der Waals surface area (Å²) < 4.78 is 0. The molecule has 76 valence electrons. The van der Waals surface area contributed by atoms with Gasteiger partial charge < -0.3 is 10.6 Å². The third-order valence-electron chi connectivity index (χ3n) is 2.64. The molecule has 0 unspecified atom stereocenters. The van der Waals surface area contributed by atoms with Crippen LogP contribution in [-0.4, -0.2) is 19.1 Å². The van der Waals surface area contributed by atoms with E-state index in [0.29, 0.717) is 12.1 Å². The summed E-state index contributed by atoms with van der Waals surface area (Å²) in [5.74, 6) is 0. The zero-order valence-electron chi connectivity index (χ0n) is 8.26. The summed E-state index contributed by atoms with van der Waals surface area (Å²) in [6.07, 6.45) is 0. The highest BCUT2D eigenvalue weighted by Gasteiger charge is 2.18. The van der Waals surface area contributed by atoms with Gasteiger partial charge in [0.05, 0.1) is 0 Å². The Bertz CT molecular complexity index is 293. The Morgan fingerprint density at radius 2 is 2.00 bits per heavy atom. The van der Waals surface area contributed by atoms with Crippen molar-refractivity contribution in [2.24, 2.45) is 0 Å². The van der Waals surface area contributed by atoms with Gasteiger partial charge >= 0.3 is 0 Å². The standard InChI is InChI=1S/C11H15ClN2/c1-8(14-11-6-13-7-11)9-2-4-10(12)5-3-9/h2-5,8,11,13-14H,6-7H2,1H3/t8-/m1/s1. The minimum absolute atomic E-state index is 0.402. The van der Waals surface area contributed by atoms with Crippen LogP contribution in [0.1, 0.15) is 18.5 Å². The van der Waals surface area contributed by atoms with Crippen molar-refractivity contribution in [3.05, 3.63) is 34.9 Å². The maximum absolute atomic E-state index is 5.83. The fourth-order valence-electron chi connectivity index (χ4n) is 1.61. The molecule has 1 aliphatic rings. The van der Waals surface area contributed by atoms with Crippen molar-refractivity contribution in [2.75, 3.05) is 13.1 Å². The van der Waals surface area contributed by atoms with E-state index in [-0.39, 0.29) is 0 Å². The van der Waals surface area contributed by atoms with Crippen molar-refractivity contribution in [2.45, 2.75) is 19.0 Å². The fraction of sp³-hybridized carbons (Fsp3) is 0.455. The Morgan fingerprint density at radius 3 is 2.50 bits per heavy atom. The van der Waals surface area contributed by atoms with E-state index < -0.39 is 0 Å². The first-order chi connectivity index (χ1) is 6.75. The predicted molar refractivity (Wildman–Crippen MR) is 59.7 cm³/mol. The van der Waals surface area contributed by atoms with Crippen molar-refractivity contribution < 1.29 is 0 Å². The molecule has 0 saturated carbocycles. The van der Waals surface area contributed by atoms with Gasteiger partial charge in [-0.1, -0.05) is 23.7 Å². The van der Waals surface area contributed by atoms with Crippen LogP contribution in [0.3, 0.4) is 0 Å². The molecule has 1 aromatic carbocycles. The normalized spacial score (nSPS) is 19.0. The quantitative estimate of drug-likeness (QED) is 0.797. The van der Waals surface area contributed by atoms with E-state index in [1.807, 2.05) is 12.1 Å². The molecule has 14 heavy (non-hydrogen) atoms. The van der Waals surface area contributed by atoms with E-state index in [1.54, 1.807) is 0 Å². The minimum atomic E-state index is 0.402. The molecule has 1 aliphatic heterocycles. The van der Waals surface area contributed by atoms with Crippen LogP contribution in [0, 0.1) is 0 Å². The van der Waals surface area contributed by atoms with Crippen LogP contribution in [0.4, 0.5) is 0 Å². The lowest BCUT2D eigenvalue weighted by atomic mass is 10.1. The van der Waals surface area contributed by atoms with Crippen molar-refractivity contribution in [1.29, 1.82) is 0 Å². The van der Waals surface area contributed by atoms with Gasteiger partial charge in [0.2, 0.25) is 0 Å². The van der Waals surface area contributed by atoms with Gasteiger partial charge in [-0.15, -0.1) is 0 Å². The van der Waals surface area contributed by atoms with Crippen LogP contribution in [0.15, 0.2) is 24.3 Å². The van der Waals surface area contributed by atoms with Crippen LogP contribution in [0.2, 0.25) is 5.02 Å². The largest absolute Gasteiger partial charge is 0.314 e. The Kier molecular flexibility index (Phi) is 3.06. The molecule has 0 aromatic heterocycles. The monoisotopic (exact) mass is 210 g/mol. The average Bonchev–Trinajstić information content (AvgIpc) is 2.12. The fourth-order valence-corrected chi connectivity index (χ4v) is 1.73. The average molecular weight is 211 g/mol. The summed E-state index contributed by atoms with van der Waals surface area (Å²) in [6.45, 7) is 4.34. The number of hydrogen-bond acceptors (Lipinski definition) is 2. The summed E-state index contributed by atoms with van der Waals surface area (Å²) in [5, 5.41) is 7.59. The summed E-state index contributed by atoms with van der Waals surface area (Å²) in [4.78, 5) is 0. The second-order valence-corrected chi connectivity index (χ2v) is 4.23. The van der Waals surface area contributed by atoms with E-state index in [2.05, 4.69) is 29.7 Å². The smallest absolute Gasteiger partial charge is 0.0406 e. The van der Waals surface area contributed by atoms with Gasteiger partial charge in [-0.05, 0) is 24.6 Å². The van der Waals surface area contributed by atoms with E-state index in [4.69, 9.17) is 11.6 Å². The van der Waals surface area contributed by atoms with E-state index in [9.17, 15) is 0 Å². The molecule has 1 saturated heterocycles. The SMILES string of the molecule is C[C@@H](NC1CNC1)c1ccc(Cl)cc1. The van der Waals surface area contributed by atoms with Gasteiger partial charge in [0.1, 0.15) is 0 Å². The second kappa shape index (κ2) is 4.30. The topological polar surface area (TPSA) is 24.1 Å². The zero-order valence-corrected chi connectivity index (χ0v) is 9.01. The highest BCUT2D eigenvalue weighted by molar-refractivity contribution is 6.30. The number of halogens is 1. The number of rotatable bonds is 3. The van der Waals surface area contributed by atoms with Crippen molar-refractivity contribution in [3.8, 4) is 0 Å². The Labute approximate surface area is 89.7 Å². The van der Waals surface area contributed by atoms with Gasteiger partial charge in [0, 0.05) is 30.2 Å². The first kappa shape index (κ1) is 9.97. The van der Waals surface area contributed by atoms with Gasteiger partial charge in [0.15, 0.2) is 0 Å². The molecular weight excluding hydrogens is 196 g/mol. The molecule has 1 fully saturated rings. The number of hydrogen-bond donors (Lipinski definition) is 2. The van der Waals surface area contributed by atoms with Crippen LogP contribution in [0.5, 0.6) is 0 Å². The van der Waals surface area contributed by atoms with Crippen LogP contribution in [0.25, 0.3) is 0 Å². The molecule has 0 aliphatic carbocycles. The third kappa shape index (κ3) is 2.27. The number of nitrogens with one attached hydrogen (secondary N) is 2. The molecule has 3 heteroatoms. The Balaban J connectivity index is 1.95. The highest BCUT2D eigenvalue weighted by Crippen LogP contribution is 2.16. The molecule has 0 amide bonds. The summed E-state index contributed by atoms with van der Waals surface area (Å²) >= 11 is 5.83. The molecule has 0 spiro atoms. The first-order valence-corrected chi connectivity index (χ1v) is 5.36.